The van der Waals surface area contributed by atoms with Crippen molar-refractivity contribution < 1.29 is 8.42 Å². The molecule has 0 saturated heterocycles. The van der Waals surface area contributed by atoms with Crippen LogP contribution in [0.15, 0.2) is 53.1 Å². The maximum absolute atomic E-state index is 12.5. The summed E-state index contributed by atoms with van der Waals surface area (Å²) in [5.74, 6) is 0. The van der Waals surface area contributed by atoms with Crippen molar-refractivity contribution >= 4 is 91.0 Å². The van der Waals surface area contributed by atoms with E-state index < -0.39 is 10.0 Å². The van der Waals surface area contributed by atoms with Crippen molar-refractivity contribution in [3.05, 3.63) is 53.2 Å². The van der Waals surface area contributed by atoms with E-state index in [1.54, 1.807) is 18.2 Å². The van der Waals surface area contributed by atoms with Gasteiger partial charge in [-0.25, -0.2) is 8.42 Å². The van der Waals surface area contributed by atoms with Gasteiger partial charge in [0.2, 0.25) is 0 Å². The Bertz CT molecular complexity index is 788. The minimum Gasteiger partial charge on any atom is -0.277 e. The lowest BCUT2D eigenvalue weighted by atomic mass is 10.3. The van der Waals surface area contributed by atoms with E-state index in [1.807, 2.05) is 0 Å². The first-order chi connectivity index (χ1) is 9.70. The molecular weight excluding hydrogens is 577 g/mol. The molecule has 0 heterocycles. The van der Waals surface area contributed by atoms with Crippen LogP contribution in [0.3, 0.4) is 0 Å². The third kappa shape index (κ3) is 4.23. The van der Waals surface area contributed by atoms with E-state index >= 15 is 0 Å². The van der Waals surface area contributed by atoms with Gasteiger partial charge in [0.15, 0.2) is 0 Å². The largest absolute Gasteiger partial charge is 0.277 e. The molecule has 0 aliphatic heterocycles. The zero-order chi connectivity index (χ0) is 15.8. The molecule has 0 amide bonds. The molecule has 21 heavy (non-hydrogen) atoms. The second kappa shape index (κ2) is 6.88. The van der Waals surface area contributed by atoms with Crippen LogP contribution in [0.2, 0.25) is 5.02 Å². The molecule has 0 aliphatic rings. The van der Waals surface area contributed by atoms with Gasteiger partial charge >= 0.3 is 0 Å². The summed E-state index contributed by atoms with van der Waals surface area (Å²) in [4.78, 5) is 0.00841. The molecule has 0 saturated carbocycles. The minimum absolute atomic E-state index is 0.00841. The maximum Gasteiger partial charge on any atom is 0.263 e. The molecule has 2 aromatic carbocycles. The molecule has 0 spiro atoms. The Balaban J connectivity index is 2.47. The van der Waals surface area contributed by atoms with E-state index in [1.165, 1.54) is 12.1 Å². The molecule has 2 aromatic rings. The highest BCUT2D eigenvalue weighted by molar-refractivity contribution is 9.11. The van der Waals surface area contributed by atoms with E-state index in [0.717, 1.165) is 4.47 Å². The number of nitrogens with one attached hydrogen (secondary N) is 1. The summed E-state index contributed by atoms with van der Waals surface area (Å²) >= 11 is 19.2. The second-order valence-corrected chi connectivity index (χ2v) is 9.52. The second-order valence-electron chi connectivity index (χ2n) is 3.92. The summed E-state index contributed by atoms with van der Waals surface area (Å²) in [6, 6.07) is 8.07. The van der Waals surface area contributed by atoms with Gasteiger partial charge in [0.1, 0.15) is 4.90 Å². The van der Waals surface area contributed by atoms with Gasteiger partial charge < -0.3 is 0 Å². The SMILES string of the molecule is O=S(=O)(Nc1c(Br)cc(Br)cc1Br)c1ccc(Br)cc1Cl. The van der Waals surface area contributed by atoms with E-state index in [0.29, 0.717) is 19.1 Å². The van der Waals surface area contributed by atoms with Crippen LogP contribution in [-0.4, -0.2) is 8.42 Å². The van der Waals surface area contributed by atoms with Crippen molar-refractivity contribution in [3.63, 3.8) is 0 Å². The zero-order valence-electron chi connectivity index (χ0n) is 10.0. The molecule has 112 valence electrons. The molecule has 0 aromatic heterocycles. The smallest absolute Gasteiger partial charge is 0.263 e. The van der Waals surface area contributed by atoms with Crippen LogP contribution in [0.1, 0.15) is 0 Å². The van der Waals surface area contributed by atoms with E-state index in [4.69, 9.17) is 11.6 Å². The summed E-state index contributed by atoms with van der Waals surface area (Å²) in [6.45, 7) is 0. The third-order valence-corrected chi connectivity index (χ3v) is 6.46. The van der Waals surface area contributed by atoms with E-state index in [9.17, 15) is 8.42 Å². The number of halogens is 5. The number of anilines is 1. The molecule has 1 N–H and O–H groups in total. The summed E-state index contributed by atoms with van der Waals surface area (Å²) in [7, 11) is -3.80. The monoisotopic (exact) mass is 579 g/mol. The predicted molar refractivity (Wildman–Crippen MR) is 99.5 cm³/mol. The highest BCUT2D eigenvalue weighted by Crippen LogP contribution is 2.36. The average molecular weight is 583 g/mol. The minimum atomic E-state index is -3.80. The fourth-order valence-corrected chi connectivity index (χ4v) is 6.38. The normalized spacial score (nSPS) is 11.5. The lowest BCUT2D eigenvalue weighted by Crippen LogP contribution is -2.14. The number of hydrogen-bond donors (Lipinski definition) is 1. The fourth-order valence-electron chi connectivity index (χ4n) is 1.52. The van der Waals surface area contributed by atoms with Crippen LogP contribution in [0.4, 0.5) is 5.69 Å². The Morgan fingerprint density at radius 3 is 2.00 bits per heavy atom. The zero-order valence-corrected chi connectivity index (χ0v) is 17.9. The third-order valence-electron chi connectivity index (χ3n) is 2.43. The number of rotatable bonds is 3. The van der Waals surface area contributed by atoms with E-state index in [-0.39, 0.29) is 9.92 Å². The molecule has 0 unspecified atom stereocenters. The number of sulfonamides is 1. The van der Waals surface area contributed by atoms with Crippen LogP contribution < -0.4 is 4.72 Å². The maximum atomic E-state index is 12.5. The van der Waals surface area contributed by atoms with Crippen LogP contribution in [0.5, 0.6) is 0 Å². The van der Waals surface area contributed by atoms with Gasteiger partial charge in [-0.1, -0.05) is 43.5 Å². The van der Waals surface area contributed by atoms with Gasteiger partial charge in [0.05, 0.1) is 10.7 Å². The highest BCUT2D eigenvalue weighted by Gasteiger charge is 2.20. The predicted octanol–water partition coefficient (Wildman–Crippen LogP) is 6.19. The molecule has 0 fully saturated rings. The first kappa shape index (κ1) is 17.7. The van der Waals surface area contributed by atoms with E-state index in [2.05, 4.69) is 68.4 Å². The highest BCUT2D eigenvalue weighted by atomic mass is 79.9. The molecule has 0 bridgehead atoms. The van der Waals surface area contributed by atoms with Gasteiger partial charge in [0.25, 0.3) is 10.0 Å². The van der Waals surface area contributed by atoms with Crippen LogP contribution >= 0.6 is 75.3 Å². The Morgan fingerprint density at radius 1 is 0.905 bits per heavy atom. The molecule has 0 radical (unpaired) electrons. The summed E-state index contributed by atoms with van der Waals surface area (Å²) in [5, 5.41) is 0.140. The van der Waals surface area contributed by atoms with Gasteiger partial charge in [-0.2, -0.15) is 0 Å². The topological polar surface area (TPSA) is 46.2 Å². The number of hydrogen-bond acceptors (Lipinski definition) is 2. The summed E-state index contributed by atoms with van der Waals surface area (Å²) in [6.07, 6.45) is 0. The van der Waals surface area contributed by atoms with Gasteiger partial charge in [-0.15, -0.1) is 0 Å². The van der Waals surface area contributed by atoms with Crippen molar-refractivity contribution in [1.82, 2.24) is 0 Å². The Kier molecular flexibility index (Phi) is 5.82. The van der Waals surface area contributed by atoms with Crippen molar-refractivity contribution in [1.29, 1.82) is 0 Å². The molecule has 3 nitrogen and oxygen atoms in total. The quantitative estimate of drug-likeness (QED) is 0.469. The van der Waals surface area contributed by atoms with Crippen LogP contribution in [0, 0.1) is 0 Å². The fraction of sp³-hybridized carbons (Fsp3) is 0. The van der Waals surface area contributed by atoms with Gasteiger partial charge in [-0.3, -0.25) is 4.72 Å². The number of benzene rings is 2. The Labute approximate surface area is 161 Å². The molecular formula is C12H6Br4ClNO2S. The first-order valence-electron chi connectivity index (χ1n) is 5.33. The van der Waals surface area contributed by atoms with Crippen molar-refractivity contribution in [2.45, 2.75) is 4.90 Å². The van der Waals surface area contributed by atoms with Gasteiger partial charge in [0, 0.05) is 17.9 Å². The standard InChI is InChI=1S/C12H6Br4ClNO2S/c13-6-1-2-11(10(17)5-6)21(19,20)18-12-8(15)3-7(14)4-9(12)16/h1-5,18H. The van der Waals surface area contributed by atoms with Crippen molar-refractivity contribution in [2.75, 3.05) is 4.72 Å². The summed E-state index contributed by atoms with van der Waals surface area (Å²) < 4.78 is 30.1. The van der Waals surface area contributed by atoms with Crippen LogP contribution in [-0.2, 0) is 10.0 Å². The van der Waals surface area contributed by atoms with Crippen molar-refractivity contribution in [2.24, 2.45) is 0 Å². The molecule has 0 atom stereocenters. The first-order valence-corrected chi connectivity index (χ1v) is 10.4. The average Bonchev–Trinajstić information content (AvgIpc) is 2.33. The lowest BCUT2D eigenvalue weighted by molar-refractivity contribution is 0.601. The lowest BCUT2D eigenvalue weighted by Gasteiger charge is -2.13. The molecule has 2 rings (SSSR count). The summed E-state index contributed by atoms with van der Waals surface area (Å²) in [5.41, 5.74) is 0.400. The molecule has 0 aliphatic carbocycles. The Hall–Kier alpha value is 0.400. The Morgan fingerprint density at radius 2 is 1.48 bits per heavy atom. The van der Waals surface area contributed by atoms with Crippen molar-refractivity contribution in [3.8, 4) is 0 Å². The molecule has 9 heteroatoms. The van der Waals surface area contributed by atoms with Crippen LogP contribution in [0.25, 0.3) is 0 Å². The van der Waals surface area contributed by atoms with Gasteiger partial charge in [-0.05, 0) is 62.2 Å².